The van der Waals surface area contributed by atoms with Crippen molar-refractivity contribution in [2.24, 2.45) is 0 Å². The fourth-order valence-electron chi connectivity index (χ4n) is 1.93. The quantitative estimate of drug-likeness (QED) is 0.898. The summed E-state index contributed by atoms with van der Waals surface area (Å²) < 4.78 is 39.2. The third-order valence-electron chi connectivity index (χ3n) is 2.84. The molecule has 1 aromatic rings. The van der Waals surface area contributed by atoms with Crippen LogP contribution in [0.25, 0.3) is 0 Å². The van der Waals surface area contributed by atoms with Crippen molar-refractivity contribution in [3.63, 3.8) is 0 Å². The highest BCUT2D eigenvalue weighted by Gasteiger charge is 2.30. The van der Waals surface area contributed by atoms with Crippen molar-refractivity contribution < 1.29 is 12.8 Å². The number of rotatable bonds is 2. The fraction of sp³-hybridized carbons (Fsp3) is 0.455. The van der Waals surface area contributed by atoms with Crippen LogP contribution in [0.4, 0.5) is 4.39 Å². The van der Waals surface area contributed by atoms with Crippen LogP contribution in [0.3, 0.4) is 0 Å². The first-order chi connectivity index (χ1) is 8.41. The van der Waals surface area contributed by atoms with Gasteiger partial charge in [-0.2, -0.15) is 4.31 Å². The van der Waals surface area contributed by atoms with Gasteiger partial charge in [0.1, 0.15) is 10.7 Å². The van der Waals surface area contributed by atoms with Gasteiger partial charge in [-0.15, -0.1) is 0 Å². The van der Waals surface area contributed by atoms with E-state index in [0.29, 0.717) is 19.6 Å². The monoisotopic (exact) mass is 292 g/mol. The number of benzene rings is 1. The second-order valence-corrected chi connectivity index (χ2v) is 6.61. The molecule has 100 valence electrons. The van der Waals surface area contributed by atoms with Gasteiger partial charge in [-0.1, -0.05) is 11.6 Å². The van der Waals surface area contributed by atoms with Gasteiger partial charge in [0.05, 0.1) is 5.02 Å². The largest absolute Gasteiger partial charge is 0.312 e. The first-order valence-corrected chi connectivity index (χ1v) is 7.41. The lowest BCUT2D eigenvalue weighted by atomic mass is 10.3. The normalized spacial score (nSPS) is 22.1. The zero-order valence-corrected chi connectivity index (χ0v) is 11.4. The zero-order chi connectivity index (χ0) is 13.3. The van der Waals surface area contributed by atoms with E-state index in [0.717, 1.165) is 12.1 Å². The molecule has 0 bridgehead atoms. The molecule has 0 aromatic heterocycles. The van der Waals surface area contributed by atoms with Crippen LogP contribution in [0.15, 0.2) is 23.1 Å². The van der Waals surface area contributed by atoms with Crippen LogP contribution in [-0.2, 0) is 10.0 Å². The Morgan fingerprint density at radius 2 is 2.22 bits per heavy atom. The fourth-order valence-corrected chi connectivity index (χ4v) is 3.94. The second kappa shape index (κ2) is 5.13. The van der Waals surface area contributed by atoms with Crippen molar-refractivity contribution in [3.05, 3.63) is 29.0 Å². The Bertz CT molecular complexity index is 550. The molecule has 0 unspecified atom stereocenters. The van der Waals surface area contributed by atoms with E-state index < -0.39 is 15.8 Å². The molecule has 2 rings (SSSR count). The van der Waals surface area contributed by atoms with Gasteiger partial charge >= 0.3 is 0 Å². The van der Waals surface area contributed by atoms with Gasteiger partial charge in [0.25, 0.3) is 0 Å². The third kappa shape index (κ3) is 2.66. The molecule has 1 saturated heterocycles. The van der Waals surface area contributed by atoms with E-state index in [-0.39, 0.29) is 16.0 Å². The number of nitrogens with one attached hydrogen (secondary N) is 1. The van der Waals surface area contributed by atoms with E-state index in [1.807, 2.05) is 6.92 Å². The van der Waals surface area contributed by atoms with Crippen molar-refractivity contribution in [2.75, 3.05) is 19.6 Å². The van der Waals surface area contributed by atoms with Gasteiger partial charge in [-0.05, 0) is 25.1 Å². The highest BCUT2D eigenvalue weighted by molar-refractivity contribution is 7.89. The van der Waals surface area contributed by atoms with Gasteiger partial charge in [-0.3, -0.25) is 0 Å². The molecule has 0 amide bonds. The lowest BCUT2D eigenvalue weighted by Crippen LogP contribution is -2.51. The van der Waals surface area contributed by atoms with E-state index in [9.17, 15) is 12.8 Å². The molecular weight excluding hydrogens is 279 g/mol. The maximum atomic E-state index is 13.2. The van der Waals surface area contributed by atoms with Gasteiger partial charge in [0.15, 0.2) is 0 Å². The molecule has 0 radical (unpaired) electrons. The zero-order valence-electron chi connectivity index (χ0n) is 9.86. The van der Waals surface area contributed by atoms with Crippen molar-refractivity contribution in [2.45, 2.75) is 17.9 Å². The van der Waals surface area contributed by atoms with Crippen molar-refractivity contribution in [3.8, 4) is 0 Å². The first kappa shape index (κ1) is 13.7. The Labute approximate surface area is 111 Å². The molecule has 18 heavy (non-hydrogen) atoms. The summed E-state index contributed by atoms with van der Waals surface area (Å²) in [5.74, 6) is -0.610. The predicted molar refractivity (Wildman–Crippen MR) is 67.6 cm³/mol. The molecule has 1 fully saturated rings. The Morgan fingerprint density at radius 3 is 2.89 bits per heavy atom. The topological polar surface area (TPSA) is 49.4 Å². The summed E-state index contributed by atoms with van der Waals surface area (Å²) in [4.78, 5) is -0.168. The van der Waals surface area contributed by atoms with Crippen LogP contribution in [0.2, 0.25) is 5.02 Å². The Balaban J connectivity index is 2.38. The first-order valence-electron chi connectivity index (χ1n) is 5.60. The standard InChI is InChI=1S/C11H14ClFN2O2S/c1-8-7-15(5-4-14-8)18(16,17)11-6-9(13)2-3-10(11)12/h2-3,6,8,14H,4-5,7H2,1H3/t8-/m0/s1. The number of nitrogens with zero attached hydrogens (tertiary/aromatic N) is 1. The molecule has 1 aliphatic heterocycles. The average Bonchev–Trinajstić information content (AvgIpc) is 2.32. The summed E-state index contributed by atoms with van der Waals surface area (Å²) in [5.41, 5.74) is 0. The third-order valence-corrected chi connectivity index (χ3v) is 5.19. The van der Waals surface area contributed by atoms with E-state index in [1.165, 1.54) is 10.4 Å². The Morgan fingerprint density at radius 1 is 1.50 bits per heavy atom. The van der Waals surface area contributed by atoms with Crippen LogP contribution in [-0.4, -0.2) is 38.4 Å². The highest BCUT2D eigenvalue weighted by atomic mass is 35.5. The Hall–Kier alpha value is -0.690. The van der Waals surface area contributed by atoms with Crippen molar-refractivity contribution in [1.29, 1.82) is 0 Å². The number of sulfonamides is 1. The summed E-state index contributed by atoms with van der Waals surface area (Å²) in [7, 11) is -3.73. The molecule has 1 aliphatic rings. The summed E-state index contributed by atoms with van der Waals surface area (Å²) in [6, 6.07) is 3.43. The van der Waals surface area contributed by atoms with Crippen molar-refractivity contribution in [1.82, 2.24) is 9.62 Å². The second-order valence-electron chi connectivity index (χ2n) is 4.29. The molecule has 1 aromatic carbocycles. The minimum atomic E-state index is -3.73. The van der Waals surface area contributed by atoms with Crippen molar-refractivity contribution >= 4 is 21.6 Å². The van der Waals surface area contributed by atoms with Crippen LogP contribution >= 0.6 is 11.6 Å². The van der Waals surface area contributed by atoms with Gasteiger partial charge in [0.2, 0.25) is 10.0 Å². The number of hydrogen-bond donors (Lipinski definition) is 1. The minimum absolute atomic E-state index is 0.0441. The predicted octanol–water partition coefficient (Wildman–Crippen LogP) is 1.46. The molecule has 1 N–H and O–H groups in total. The molecule has 0 spiro atoms. The molecule has 7 heteroatoms. The van der Waals surface area contributed by atoms with E-state index in [1.54, 1.807) is 0 Å². The SMILES string of the molecule is C[C@H]1CN(S(=O)(=O)c2cc(F)ccc2Cl)CCN1. The van der Waals surface area contributed by atoms with E-state index >= 15 is 0 Å². The average molecular weight is 293 g/mol. The lowest BCUT2D eigenvalue weighted by Gasteiger charge is -2.31. The molecule has 1 heterocycles. The Kier molecular flexibility index (Phi) is 3.91. The van der Waals surface area contributed by atoms with Crippen LogP contribution in [0.1, 0.15) is 6.92 Å². The van der Waals surface area contributed by atoms with Crippen LogP contribution in [0.5, 0.6) is 0 Å². The van der Waals surface area contributed by atoms with Gasteiger partial charge in [-0.25, -0.2) is 12.8 Å². The summed E-state index contributed by atoms with van der Waals surface area (Å²) in [5, 5.41) is 3.19. The molecule has 4 nitrogen and oxygen atoms in total. The highest BCUT2D eigenvalue weighted by Crippen LogP contribution is 2.26. The van der Waals surface area contributed by atoms with Crippen LogP contribution < -0.4 is 5.32 Å². The summed E-state index contributed by atoms with van der Waals surface area (Å²) in [6.45, 7) is 3.19. The maximum absolute atomic E-state index is 13.2. The summed E-state index contributed by atoms with van der Waals surface area (Å²) in [6.07, 6.45) is 0. The minimum Gasteiger partial charge on any atom is -0.312 e. The maximum Gasteiger partial charge on any atom is 0.244 e. The van der Waals surface area contributed by atoms with Gasteiger partial charge < -0.3 is 5.32 Å². The number of halogens is 2. The molecule has 0 saturated carbocycles. The molecule has 0 aliphatic carbocycles. The molecule has 1 atom stereocenters. The number of piperazine rings is 1. The lowest BCUT2D eigenvalue weighted by molar-refractivity contribution is 0.310. The van der Waals surface area contributed by atoms with E-state index in [4.69, 9.17) is 11.6 Å². The molecular formula is C11H14ClFN2O2S. The van der Waals surface area contributed by atoms with Gasteiger partial charge in [0, 0.05) is 25.7 Å². The smallest absolute Gasteiger partial charge is 0.244 e. The summed E-state index contributed by atoms with van der Waals surface area (Å²) >= 11 is 5.85. The van der Waals surface area contributed by atoms with E-state index in [2.05, 4.69) is 5.32 Å². The van der Waals surface area contributed by atoms with Crippen LogP contribution in [0, 0.1) is 5.82 Å². The number of hydrogen-bond acceptors (Lipinski definition) is 3.